The summed E-state index contributed by atoms with van der Waals surface area (Å²) >= 11 is 12.9. The highest BCUT2D eigenvalue weighted by Gasteiger charge is 2.18. The van der Waals surface area contributed by atoms with Gasteiger partial charge < -0.3 is 9.15 Å². The van der Waals surface area contributed by atoms with Crippen molar-refractivity contribution < 1.29 is 9.15 Å². The first-order valence-corrected chi connectivity index (χ1v) is 7.26. The van der Waals surface area contributed by atoms with E-state index in [1.807, 2.05) is 24.3 Å². The third-order valence-electron chi connectivity index (χ3n) is 2.59. The standard InChI is InChI=1S/C13H6Cl2N2O2S/c14-5-10-12(15)17-13(20-10)19-11-7-3-1-2-4-8(7)18-9(11)6-16/h1-4H,5H2. The van der Waals surface area contributed by atoms with E-state index in [4.69, 9.17) is 37.6 Å². The van der Waals surface area contributed by atoms with Crippen molar-refractivity contribution >= 4 is 45.5 Å². The second-order valence-electron chi connectivity index (χ2n) is 3.80. The summed E-state index contributed by atoms with van der Waals surface area (Å²) in [4.78, 5) is 4.78. The van der Waals surface area contributed by atoms with Crippen LogP contribution in [0.4, 0.5) is 0 Å². The summed E-state index contributed by atoms with van der Waals surface area (Å²) in [6.45, 7) is 0. The summed E-state index contributed by atoms with van der Waals surface area (Å²) < 4.78 is 11.1. The lowest BCUT2D eigenvalue weighted by molar-refractivity contribution is 0.464. The molecule has 2 heterocycles. The first-order chi connectivity index (χ1) is 9.72. The van der Waals surface area contributed by atoms with E-state index in [0.717, 1.165) is 4.88 Å². The Morgan fingerprint density at radius 3 is 2.90 bits per heavy atom. The molecule has 0 amide bonds. The zero-order chi connectivity index (χ0) is 14.1. The van der Waals surface area contributed by atoms with E-state index in [1.54, 1.807) is 6.07 Å². The average molecular weight is 325 g/mol. The minimum atomic E-state index is 0.102. The normalized spacial score (nSPS) is 10.7. The number of alkyl halides is 1. The Morgan fingerprint density at radius 2 is 2.20 bits per heavy atom. The SMILES string of the molecule is N#Cc1oc2ccccc2c1Oc1nc(Cl)c(CCl)s1. The summed E-state index contributed by atoms with van der Waals surface area (Å²) in [7, 11) is 0. The highest BCUT2D eigenvalue weighted by molar-refractivity contribution is 7.14. The molecule has 0 aliphatic carbocycles. The molecule has 2 aromatic heterocycles. The van der Waals surface area contributed by atoms with Gasteiger partial charge in [0.05, 0.1) is 16.1 Å². The molecule has 100 valence electrons. The molecule has 3 aromatic rings. The van der Waals surface area contributed by atoms with Crippen LogP contribution >= 0.6 is 34.5 Å². The third-order valence-corrected chi connectivity index (χ3v) is 4.38. The molecule has 0 N–H and O–H groups in total. The number of rotatable bonds is 3. The summed E-state index contributed by atoms with van der Waals surface area (Å²) in [5.41, 5.74) is 0.583. The van der Waals surface area contributed by atoms with Gasteiger partial charge >= 0.3 is 0 Å². The van der Waals surface area contributed by atoms with Crippen molar-refractivity contribution in [1.29, 1.82) is 5.26 Å². The van der Waals surface area contributed by atoms with Gasteiger partial charge in [-0.3, -0.25) is 0 Å². The molecule has 0 bridgehead atoms. The molecule has 3 rings (SSSR count). The molecule has 0 spiro atoms. The van der Waals surface area contributed by atoms with Crippen molar-refractivity contribution in [3.8, 4) is 17.0 Å². The van der Waals surface area contributed by atoms with Gasteiger partial charge in [-0.25, -0.2) is 0 Å². The van der Waals surface area contributed by atoms with Crippen LogP contribution in [0, 0.1) is 11.3 Å². The van der Waals surface area contributed by atoms with E-state index in [0.29, 0.717) is 27.1 Å². The molecule has 20 heavy (non-hydrogen) atoms. The number of ether oxygens (including phenoxy) is 1. The maximum atomic E-state index is 9.12. The van der Waals surface area contributed by atoms with E-state index in [-0.39, 0.29) is 11.6 Å². The maximum absolute atomic E-state index is 9.12. The van der Waals surface area contributed by atoms with Crippen molar-refractivity contribution in [2.24, 2.45) is 0 Å². The van der Waals surface area contributed by atoms with Gasteiger partial charge in [0.1, 0.15) is 16.8 Å². The molecular formula is C13H6Cl2N2O2S. The number of nitriles is 1. The van der Waals surface area contributed by atoms with Gasteiger partial charge in [0, 0.05) is 0 Å². The van der Waals surface area contributed by atoms with Crippen LogP contribution in [0.3, 0.4) is 0 Å². The summed E-state index contributed by atoms with van der Waals surface area (Å²) in [6, 6.07) is 9.21. The van der Waals surface area contributed by atoms with Crippen molar-refractivity contribution in [3.63, 3.8) is 0 Å². The minimum absolute atomic E-state index is 0.102. The van der Waals surface area contributed by atoms with Gasteiger partial charge in [0.25, 0.3) is 5.19 Å². The number of halogens is 2. The monoisotopic (exact) mass is 324 g/mol. The fourth-order valence-electron chi connectivity index (χ4n) is 1.72. The second-order valence-corrected chi connectivity index (χ2v) is 5.47. The van der Waals surface area contributed by atoms with E-state index < -0.39 is 0 Å². The van der Waals surface area contributed by atoms with Gasteiger partial charge in [0.15, 0.2) is 5.75 Å². The topological polar surface area (TPSA) is 59.0 Å². The number of para-hydroxylation sites is 1. The zero-order valence-electron chi connectivity index (χ0n) is 9.89. The zero-order valence-corrected chi connectivity index (χ0v) is 12.2. The van der Waals surface area contributed by atoms with Crippen LogP contribution in [0.1, 0.15) is 10.6 Å². The lowest BCUT2D eigenvalue weighted by Crippen LogP contribution is -1.84. The van der Waals surface area contributed by atoms with Crippen molar-refractivity contribution in [2.75, 3.05) is 0 Å². The van der Waals surface area contributed by atoms with Gasteiger partial charge in [-0.1, -0.05) is 35.1 Å². The lowest BCUT2D eigenvalue weighted by atomic mass is 10.2. The number of fused-ring (bicyclic) bond motifs is 1. The summed E-state index contributed by atoms with van der Waals surface area (Å²) in [6.07, 6.45) is 0. The Balaban J connectivity index is 2.07. The minimum Gasteiger partial charge on any atom is -0.442 e. The molecule has 0 unspecified atom stereocenters. The van der Waals surface area contributed by atoms with Crippen molar-refractivity contribution in [2.45, 2.75) is 5.88 Å². The predicted molar refractivity (Wildman–Crippen MR) is 77.7 cm³/mol. The fraction of sp³-hybridized carbons (Fsp3) is 0.0769. The molecule has 7 heteroatoms. The van der Waals surface area contributed by atoms with Crippen LogP contribution in [0.25, 0.3) is 11.0 Å². The van der Waals surface area contributed by atoms with Crippen LogP contribution < -0.4 is 4.74 Å². The highest BCUT2D eigenvalue weighted by Crippen LogP contribution is 2.39. The molecular weight excluding hydrogens is 319 g/mol. The number of aromatic nitrogens is 1. The molecule has 0 atom stereocenters. The molecule has 0 saturated carbocycles. The first kappa shape index (κ1) is 13.3. The number of nitrogens with zero attached hydrogens (tertiary/aromatic N) is 2. The van der Waals surface area contributed by atoms with Gasteiger partial charge in [-0.15, -0.1) is 11.6 Å². The van der Waals surface area contributed by atoms with Gasteiger partial charge in [0.2, 0.25) is 5.76 Å². The van der Waals surface area contributed by atoms with Crippen LogP contribution in [-0.2, 0) is 5.88 Å². The number of thiazole rings is 1. The second kappa shape index (κ2) is 5.33. The molecule has 0 aliphatic heterocycles. The number of hydrogen-bond donors (Lipinski definition) is 0. The Labute approximate surface area is 128 Å². The van der Waals surface area contributed by atoms with Gasteiger partial charge in [-0.05, 0) is 12.1 Å². The Morgan fingerprint density at radius 1 is 1.40 bits per heavy atom. The van der Waals surface area contributed by atoms with Crippen molar-refractivity contribution in [1.82, 2.24) is 4.98 Å². The predicted octanol–water partition coefficient (Wildman–Crippen LogP) is 4.95. The quantitative estimate of drug-likeness (QED) is 0.640. The molecule has 0 fully saturated rings. The number of furan rings is 1. The van der Waals surface area contributed by atoms with E-state index in [1.165, 1.54) is 11.3 Å². The smallest absolute Gasteiger partial charge is 0.280 e. The van der Waals surface area contributed by atoms with E-state index in [9.17, 15) is 0 Å². The lowest BCUT2D eigenvalue weighted by Gasteiger charge is -1.98. The Kier molecular flexibility index (Phi) is 3.53. The number of hydrogen-bond acceptors (Lipinski definition) is 5. The number of benzene rings is 1. The largest absolute Gasteiger partial charge is 0.442 e. The molecule has 0 aliphatic rings. The first-order valence-electron chi connectivity index (χ1n) is 5.53. The van der Waals surface area contributed by atoms with E-state index >= 15 is 0 Å². The molecule has 0 radical (unpaired) electrons. The summed E-state index contributed by atoms with van der Waals surface area (Å²) in [5, 5.41) is 10.5. The molecule has 0 saturated heterocycles. The Hall–Kier alpha value is -1.74. The van der Waals surface area contributed by atoms with E-state index in [2.05, 4.69) is 4.98 Å². The van der Waals surface area contributed by atoms with Crippen LogP contribution in [-0.4, -0.2) is 4.98 Å². The summed E-state index contributed by atoms with van der Waals surface area (Å²) in [5.74, 6) is 0.705. The third kappa shape index (κ3) is 2.22. The van der Waals surface area contributed by atoms with Crippen LogP contribution in [0.2, 0.25) is 5.15 Å². The van der Waals surface area contributed by atoms with Crippen LogP contribution in [0.15, 0.2) is 28.7 Å². The molecule has 1 aromatic carbocycles. The fourth-order valence-corrected chi connectivity index (χ4v) is 3.05. The maximum Gasteiger partial charge on any atom is 0.280 e. The van der Waals surface area contributed by atoms with Crippen LogP contribution in [0.5, 0.6) is 10.9 Å². The highest BCUT2D eigenvalue weighted by atomic mass is 35.5. The Bertz CT molecular complexity index is 819. The van der Waals surface area contributed by atoms with Crippen molar-refractivity contribution in [3.05, 3.63) is 40.1 Å². The van der Waals surface area contributed by atoms with Gasteiger partial charge in [-0.2, -0.15) is 10.2 Å². The molecule has 4 nitrogen and oxygen atoms in total. The average Bonchev–Trinajstić information content (AvgIpc) is 3.00.